The third kappa shape index (κ3) is 7.07. The van der Waals surface area contributed by atoms with Gasteiger partial charge in [0.1, 0.15) is 10.1 Å². The van der Waals surface area contributed by atoms with Gasteiger partial charge in [-0.1, -0.05) is 33.8 Å². The highest BCUT2D eigenvalue weighted by Crippen LogP contribution is 2.29. The Hall–Kier alpha value is -0.0200. The number of hydrogen-bond donors (Lipinski definition) is 0. The van der Waals surface area contributed by atoms with Gasteiger partial charge in [0.05, 0.1) is 0 Å². The SMILES string of the molecule is CN(SSN(C)C(=O)ON=C1CSCS1)C(=O)ON=C1CSCS1. The Morgan fingerprint density at radius 1 is 0.917 bits per heavy atom. The van der Waals surface area contributed by atoms with Gasteiger partial charge in [-0.15, -0.1) is 23.5 Å². The van der Waals surface area contributed by atoms with E-state index in [1.807, 2.05) is 0 Å². The Balaban J connectivity index is 1.66. The van der Waals surface area contributed by atoms with Gasteiger partial charge in [-0.3, -0.25) is 9.68 Å². The first-order valence-corrected chi connectivity index (χ1v) is 12.7. The molecule has 8 nitrogen and oxygen atoms in total. The van der Waals surface area contributed by atoms with Gasteiger partial charge in [-0.05, 0) is 0 Å². The van der Waals surface area contributed by atoms with E-state index in [1.165, 1.54) is 22.7 Å². The zero-order chi connectivity index (χ0) is 17.4. The molecule has 2 fully saturated rings. The van der Waals surface area contributed by atoms with Gasteiger partial charge in [0.2, 0.25) is 0 Å². The highest BCUT2D eigenvalue weighted by Gasteiger charge is 2.19. The Bertz CT molecular complexity index is 471. The van der Waals surface area contributed by atoms with Crippen molar-refractivity contribution in [3.63, 3.8) is 0 Å². The summed E-state index contributed by atoms with van der Waals surface area (Å²) >= 11 is 6.55. The van der Waals surface area contributed by atoms with E-state index in [4.69, 9.17) is 9.68 Å². The van der Waals surface area contributed by atoms with Gasteiger partial charge in [-0.2, -0.15) is 0 Å². The molecule has 0 unspecified atom stereocenters. The number of rotatable bonds is 5. The molecule has 2 aliphatic heterocycles. The molecule has 2 saturated heterocycles. The summed E-state index contributed by atoms with van der Waals surface area (Å²) in [4.78, 5) is 33.2. The average Bonchev–Trinajstić information content (AvgIpc) is 3.28. The van der Waals surface area contributed by atoms with E-state index in [9.17, 15) is 9.59 Å². The lowest BCUT2D eigenvalue weighted by Crippen LogP contribution is -2.22. The average molecular weight is 447 g/mol. The van der Waals surface area contributed by atoms with Gasteiger partial charge in [-0.25, -0.2) is 18.2 Å². The molecule has 0 N–H and O–H groups in total. The highest BCUT2D eigenvalue weighted by molar-refractivity contribution is 8.75. The van der Waals surface area contributed by atoms with Crippen LogP contribution in [0.4, 0.5) is 9.59 Å². The summed E-state index contributed by atoms with van der Waals surface area (Å²) in [5.74, 6) is 1.52. The van der Waals surface area contributed by atoms with Crippen LogP contribution in [-0.2, 0) is 9.68 Å². The van der Waals surface area contributed by atoms with Crippen LogP contribution < -0.4 is 0 Å². The predicted octanol–water partition coefficient (Wildman–Crippen LogP) is 3.84. The topological polar surface area (TPSA) is 83.8 Å². The molecule has 134 valence electrons. The van der Waals surface area contributed by atoms with Crippen molar-refractivity contribution in [3.8, 4) is 0 Å². The van der Waals surface area contributed by atoms with Crippen LogP contribution in [0.1, 0.15) is 0 Å². The molecule has 2 amide bonds. The minimum absolute atomic E-state index is 0.612. The number of nitrogens with zero attached hydrogens (tertiary/aromatic N) is 4. The second-order valence-electron chi connectivity index (χ2n) is 4.05. The van der Waals surface area contributed by atoms with Gasteiger partial charge in [0.15, 0.2) is 0 Å². The van der Waals surface area contributed by atoms with Crippen LogP contribution in [0, 0.1) is 0 Å². The fourth-order valence-corrected chi connectivity index (χ4v) is 6.70. The van der Waals surface area contributed by atoms with Crippen LogP contribution in [0.15, 0.2) is 10.3 Å². The third-order valence-corrected chi connectivity index (χ3v) is 9.35. The van der Waals surface area contributed by atoms with Crippen molar-refractivity contribution < 1.29 is 19.3 Å². The lowest BCUT2D eigenvalue weighted by molar-refractivity contribution is 0.136. The van der Waals surface area contributed by atoms with Crippen molar-refractivity contribution in [3.05, 3.63) is 0 Å². The first-order chi connectivity index (χ1) is 11.6. The summed E-state index contributed by atoms with van der Waals surface area (Å²) < 4.78 is 2.47. The van der Waals surface area contributed by atoms with E-state index >= 15 is 0 Å². The number of oxime groups is 2. The molecule has 0 atom stereocenters. The third-order valence-electron chi connectivity index (χ3n) is 2.29. The first-order valence-electron chi connectivity index (χ1n) is 6.35. The van der Waals surface area contributed by atoms with Crippen molar-refractivity contribution in [1.82, 2.24) is 8.61 Å². The Kier molecular flexibility index (Phi) is 9.18. The smallest absolute Gasteiger partial charge is 0.296 e. The minimum atomic E-state index is -0.612. The van der Waals surface area contributed by atoms with Crippen LogP contribution in [0.25, 0.3) is 0 Å². The van der Waals surface area contributed by atoms with E-state index < -0.39 is 12.2 Å². The number of amides is 2. The molecule has 0 radical (unpaired) electrons. The molecule has 2 rings (SSSR count). The van der Waals surface area contributed by atoms with Crippen LogP contribution in [0.5, 0.6) is 0 Å². The Labute approximate surface area is 164 Å². The highest BCUT2D eigenvalue weighted by atomic mass is 33.1. The number of carbonyl (C=O) groups excluding carboxylic acids is 2. The molecule has 14 heteroatoms. The quantitative estimate of drug-likeness (QED) is 0.269. The summed E-state index contributed by atoms with van der Waals surface area (Å²) in [6.07, 6.45) is -1.22. The van der Waals surface area contributed by atoms with Crippen LogP contribution in [0.2, 0.25) is 0 Å². The summed E-state index contributed by atoms with van der Waals surface area (Å²) in [5.41, 5.74) is 0. The fraction of sp³-hybridized carbons (Fsp3) is 0.600. The molecule has 0 saturated carbocycles. The van der Waals surface area contributed by atoms with Crippen molar-refractivity contribution in [2.24, 2.45) is 10.3 Å². The molecule has 24 heavy (non-hydrogen) atoms. The lowest BCUT2D eigenvalue weighted by atomic mass is 10.9. The maximum atomic E-state index is 11.8. The molecule has 2 heterocycles. The monoisotopic (exact) mass is 446 g/mol. The van der Waals surface area contributed by atoms with Gasteiger partial charge < -0.3 is 0 Å². The summed E-state index contributed by atoms with van der Waals surface area (Å²) in [7, 11) is 5.11. The number of carbonyl (C=O) groups is 2. The molecule has 0 aromatic heterocycles. The van der Waals surface area contributed by atoms with Crippen molar-refractivity contribution in [1.29, 1.82) is 0 Å². The van der Waals surface area contributed by atoms with E-state index in [1.54, 1.807) is 47.0 Å². The van der Waals surface area contributed by atoms with Gasteiger partial charge in [0, 0.05) is 57.7 Å². The van der Waals surface area contributed by atoms with Crippen LogP contribution in [0.3, 0.4) is 0 Å². The molecule has 0 aromatic carbocycles. The van der Waals surface area contributed by atoms with Crippen LogP contribution >= 0.6 is 69.0 Å². The van der Waals surface area contributed by atoms with Crippen molar-refractivity contribution in [2.75, 3.05) is 35.8 Å². The summed E-state index contributed by atoms with van der Waals surface area (Å²) in [6, 6.07) is 0. The number of thioether (sulfide) groups is 4. The molecule has 2 aliphatic rings. The molecule has 0 spiro atoms. The van der Waals surface area contributed by atoms with Crippen molar-refractivity contribution >= 4 is 91.3 Å². The maximum absolute atomic E-state index is 11.8. The largest absolute Gasteiger partial charge is 0.446 e. The summed E-state index contributed by atoms with van der Waals surface area (Å²) in [5, 5.41) is 11.0. The molecular formula is C10H14N4O4S6. The lowest BCUT2D eigenvalue weighted by Gasteiger charge is -2.16. The second-order valence-corrected chi connectivity index (χ2v) is 11.1. The zero-order valence-corrected chi connectivity index (χ0v) is 17.6. The zero-order valence-electron chi connectivity index (χ0n) is 12.7. The Morgan fingerprint density at radius 3 is 1.67 bits per heavy atom. The van der Waals surface area contributed by atoms with Gasteiger partial charge >= 0.3 is 12.2 Å². The first kappa shape index (κ1) is 20.3. The van der Waals surface area contributed by atoms with E-state index in [0.29, 0.717) is 0 Å². The normalized spacial score (nSPS) is 20.4. The minimum Gasteiger partial charge on any atom is -0.296 e. The molecular weight excluding hydrogens is 433 g/mol. The molecule has 0 bridgehead atoms. The van der Waals surface area contributed by atoms with Crippen molar-refractivity contribution in [2.45, 2.75) is 0 Å². The molecule has 0 aliphatic carbocycles. The molecule has 0 aromatic rings. The Morgan fingerprint density at radius 2 is 1.33 bits per heavy atom. The predicted molar refractivity (Wildman–Crippen MR) is 108 cm³/mol. The number of hydrogen-bond acceptors (Lipinski definition) is 12. The fourth-order valence-electron chi connectivity index (χ4n) is 1.12. The van der Waals surface area contributed by atoms with E-state index in [0.717, 1.165) is 53.7 Å². The summed E-state index contributed by atoms with van der Waals surface area (Å²) in [6.45, 7) is 0. The maximum Gasteiger partial charge on any atom is 0.446 e. The second kappa shape index (κ2) is 10.9. The van der Waals surface area contributed by atoms with E-state index in [2.05, 4.69) is 10.3 Å². The van der Waals surface area contributed by atoms with Crippen LogP contribution in [-0.4, -0.2) is 66.7 Å². The van der Waals surface area contributed by atoms with E-state index in [-0.39, 0.29) is 0 Å². The standard InChI is InChI=1S/C10H14N4O4S6/c1-13(9(15)17-11-7-3-19-5-21-7)23-24-14(2)10(16)18-12-8-4-20-6-22-8/h3-6H2,1-2H3. The van der Waals surface area contributed by atoms with Gasteiger partial charge in [0.25, 0.3) is 0 Å².